The first-order valence-electron chi connectivity index (χ1n) is 9.42. The Morgan fingerprint density at radius 2 is 2.12 bits per heavy atom. The number of fused-ring (bicyclic) bond motifs is 1. The minimum absolute atomic E-state index is 0.0335. The van der Waals surface area contributed by atoms with E-state index in [1.165, 1.54) is 0 Å². The second-order valence-electron chi connectivity index (χ2n) is 7.58. The summed E-state index contributed by atoms with van der Waals surface area (Å²) < 4.78 is 1.93. The van der Waals surface area contributed by atoms with E-state index in [-0.39, 0.29) is 24.7 Å². The number of aryl methyl sites for hydroxylation is 2. The lowest BCUT2D eigenvalue weighted by Crippen LogP contribution is -2.58. The summed E-state index contributed by atoms with van der Waals surface area (Å²) in [4.78, 5) is 25.2. The van der Waals surface area contributed by atoms with Crippen molar-refractivity contribution in [2.24, 2.45) is 5.73 Å². The average molecular weight is 364 g/mol. The van der Waals surface area contributed by atoms with Crippen LogP contribution < -0.4 is 16.4 Å². The predicted molar refractivity (Wildman–Crippen MR) is 99.8 cm³/mol. The van der Waals surface area contributed by atoms with Crippen molar-refractivity contribution >= 4 is 11.6 Å². The number of likely N-dealkylation sites (N-methyl/N-ethyl adjacent to an activating group) is 1. The van der Waals surface area contributed by atoms with E-state index < -0.39 is 11.1 Å². The van der Waals surface area contributed by atoms with Gasteiger partial charge < -0.3 is 11.1 Å². The van der Waals surface area contributed by atoms with Gasteiger partial charge in [0.25, 0.3) is 0 Å². The van der Waals surface area contributed by atoms with Crippen LogP contribution in [0.5, 0.6) is 0 Å². The summed E-state index contributed by atoms with van der Waals surface area (Å²) in [7, 11) is 1.80. The molecule has 146 valence electrons. The van der Waals surface area contributed by atoms with Gasteiger partial charge in [-0.25, -0.2) is 4.68 Å². The standard InChI is InChI=1S/C18H32N6O2/c1-17(20-3)9-6-7-14-12-22-23-24(14)10-5-4-8-18(2,15(25)11-19)21-13-16(17)26/h12,20-21H,4-11,13,19H2,1-3H3/t17-,18-/m0/s1. The summed E-state index contributed by atoms with van der Waals surface area (Å²) in [6, 6.07) is 0. The molecule has 0 aromatic carbocycles. The molecular weight excluding hydrogens is 332 g/mol. The third-order valence-corrected chi connectivity index (χ3v) is 5.71. The van der Waals surface area contributed by atoms with Gasteiger partial charge in [0, 0.05) is 6.54 Å². The first-order chi connectivity index (χ1) is 12.3. The summed E-state index contributed by atoms with van der Waals surface area (Å²) >= 11 is 0. The van der Waals surface area contributed by atoms with Gasteiger partial charge in [-0.15, -0.1) is 5.10 Å². The number of carbonyl (C=O) groups excluding carboxylic acids is 2. The molecule has 26 heavy (non-hydrogen) atoms. The molecule has 0 aliphatic carbocycles. The molecule has 0 saturated carbocycles. The second kappa shape index (κ2) is 8.83. The van der Waals surface area contributed by atoms with Crippen LogP contribution in [0.4, 0.5) is 0 Å². The Kier molecular flexibility index (Phi) is 7.02. The maximum absolute atomic E-state index is 12.8. The second-order valence-corrected chi connectivity index (χ2v) is 7.58. The first-order valence-corrected chi connectivity index (χ1v) is 9.42. The van der Waals surface area contributed by atoms with Gasteiger partial charge in [-0.2, -0.15) is 0 Å². The number of carbonyl (C=O) groups is 2. The number of Topliss-reactive ketones (excluding diaryl/α,β-unsaturated/α-hetero) is 2. The quantitative estimate of drug-likeness (QED) is 0.702. The molecule has 1 aliphatic rings. The van der Waals surface area contributed by atoms with E-state index in [1.54, 1.807) is 13.2 Å². The molecule has 0 saturated heterocycles. The van der Waals surface area contributed by atoms with Crippen LogP contribution in [-0.2, 0) is 22.6 Å². The zero-order valence-corrected chi connectivity index (χ0v) is 16.2. The van der Waals surface area contributed by atoms with Crippen LogP contribution in [0.15, 0.2) is 6.20 Å². The van der Waals surface area contributed by atoms with Crippen LogP contribution in [0.2, 0.25) is 0 Å². The van der Waals surface area contributed by atoms with E-state index in [2.05, 4.69) is 20.9 Å². The minimum Gasteiger partial charge on any atom is -0.324 e. The molecule has 1 aromatic rings. The Morgan fingerprint density at radius 3 is 2.81 bits per heavy atom. The molecule has 1 aliphatic heterocycles. The molecule has 2 rings (SSSR count). The highest BCUT2D eigenvalue weighted by Crippen LogP contribution is 2.20. The lowest BCUT2D eigenvalue weighted by atomic mass is 9.86. The van der Waals surface area contributed by atoms with Crippen molar-refractivity contribution < 1.29 is 9.59 Å². The van der Waals surface area contributed by atoms with Crippen molar-refractivity contribution in [1.82, 2.24) is 25.6 Å². The van der Waals surface area contributed by atoms with E-state index in [9.17, 15) is 9.59 Å². The summed E-state index contributed by atoms with van der Waals surface area (Å²) in [5.74, 6) is -0.00950. The molecule has 0 spiro atoms. The topological polar surface area (TPSA) is 115 Å². The van der Waals surface area contributed by atoms with E-state index in [0.717, 1.165) is 37.9 Å². The molecule has 2 atom stereocenters. The maximum atomic E-state index is 12.8. The fraction of sp³-hybridized carbons (Fsp3) is 0.778. The van der Waals surface area contributed by atoms with Gasteiger partial charge in [0.2, 0.25) is 0 Å². The monoisotopic (exact) mass is 364 g/mol. The summed E-state index contributed by atoms with van der Waals surface area (Å²) in [6.07, 6.45) is 6.57. The van der Waals surface area contributed by atoms with Crippen molar-refractivity contribution in [1.29, 1.82) is 0 Å². The van der Waals surface area contributed by atoms with Crippen molar-refractivity contribution in [3.63, 3.8) is 0 Å². The number of ketones is 2. The van der Waals surface area contributed by atoms with Crippen molar-refractivity contribution in [2.75, 3.05) is 20.1 Å². The SMILES string of the molecule is CN[C@@]1(C)CCCc2cnnn2CCCC[C@@](C)(C(=O)CN)NCC1=O. The Morgan fingerprint density at radius 1 is 1.35 bits per heavy atom. The third-order valence-electron chi connectivity index (χ3n) is 5.71. The zero-order chi connectivity index (χ0) is 19.2. The van der Waals surface area contributed by atoms with Crippen LogP contribution in [0.1, 0.15) is 51.6 Å². The third kappa shape index (κ3) is 4.75. The average Bonchev–Trinajstić information content (AvgIpc) is 3.09. The molecule has 4 N–H and O–H groups in total. The highest BCUT2D eigenvalue weighted by atomic mass is 16.1. The molecule has 8 nitrogen and oxygen atoms in total. The Bertz CT molecular complexity index is 631. The summed E-state index contributed by atoms with van der Waals surface area (Å²) in [5, 5.41) is 14.5. The fourth-order valence-corrected chi connectivity index (χ4v) is 3.45. The Hall–Kier alpha value is -1.64. The van der Waals surface area contributed by atoms with Crippen LogP contribution in [-0.4, -0.2) is 57.8 Å². The largest absolute Gasteiger partial charge is 0.324 e. The molecule has 0 radical (unpaired) electrons. The van der Waals surface area contributed by atoms with E-state index >= 15 is 0 Å². The van der Waals surface area contributed by atoms with Gasteiger partial charge in [0.1, 0.15) is 0 Å². The molecule has 2 heterocycles. The van der Waals surface area contributed by atoms with Crippen LogP contribution >= 0.6 is 0 Å². The number of nitrogens with two attached hydrogens (primary N) is 1. The molecule has 0 amide bonds. The van der Waals surface area contributed by atoms with E-state index in [4.69, 9.17) is 5.73 Å². The Balaban J connectivity index is 2.22. The maximum Gasteiger partial charge on any atom is 0.166 e. The van der Waals surface area contributed by atoms with Crippen molar-refractivity contribution in [3.8, 4) is 0 Å². The van der Waals surface area contributed by atoms with Gasteiger partial charge in [0.05, 0.1) is 36.1 Å². The van der Waals surface area contributed by atoms with Crippen LogP contribution in [0.3, 0.4) is 0 Å². The number of rotatable bonds is 3. The van der Waals surface area contributed by atoms with E-state index in [1.807, 2.05) is 18.5 Å². The highest BCUT2D eigenvalue weighted by molar-refractivity contribution is 5.92. The van der Waals surface area contributed by atoms with Crippen molar-refractivity contribution in [2.45, 2.75) is 70.0 Å². The molecule has 8 heteroatoms. The number of hydrogen-bond donors (Lipinski definition) is 3. The van der Waals surface area contributed by atoms with Gasteiger partial charge in [-0.3, -0.25) is 14.9 Å². The molecule has 1 aromatic heterocycles. The summed E-state index contributed by atoms with van der Waals surface area (Å²) in [6.45, 7) is 4.66. The Labute approximate surface area is 155 Å². The number of nitrogens with one attached hydrogen (secondary N) is 2. The fourth-order valence-electron chi connectivity index (χ4n) is 3.45. The number of aromatic nitrogens is 3. The molecule has 0 bridgehead atoms. The zero-order valence-electron chi connectivity index (χ0n) is 16.2. The first kappa shape index (κ1) is 20.7. The molecular formula is C18H32N6O2. The normalized spacial score (nSPS) is 29.0. The highest BCUT2D eigenvalue weighted by Gasteiger charge is 2.35. The van der Waals surface area contributed by atoms with Gasteiger partial charge in [-0.05, 0) is 59.4 Å². The lowest BCUT2D eigenvalue weighted by molar-refractivity contribution is -0.126. The smallest absolute Gasteiger partial charge is 0.166 e. The van der Waals surface area contributed by atoms with E-state index in [0.29, 0.717) is 12.8 Å². The van der Waals surface area contributed by atoms with Gasteiger partial charge >= 0.3 is 0 Å². The minimum atomic E-state index is -0.783. The van der Waals surface area contributed by atoms with Crippen molar-refractivity contribution in [3.05, 3.63) is 11.9 Å². The predicted octanol–water partition coefficient (Wildman–Crippen LogP) is 0.208. The number of nitrogens with zero attached hydrogens (tertiary/aromatic N) is 3. The molecule has 0 fully saturated rings. The summed E-state index contributed by atoms with van der Waals surface area (Å²) in [5.41, 5.74) is 5.27. The van der Waals surface area contributed by atoms with Gasteiger partial charge in [0.15, 0.2) is 11.6 Å². The van der Waals surface area contributed by atoms with Crippen LogP contribution in [0, 0.1) is 0 Å². The van der Waals surface area contributed by atoms with Crippen LogP contribution in [0.25, 0.3) is 0 Å². The number of hydrogen-bond acceptors (Lipinski definition) is 7. The van der Waals surface area contributed by atoms with Gasteiger partial charge in [-0.1, -0.05) is 5.21 Å². The lowest BCUT2D eigenvalue weighted by Gasteiger charge is -2.33. The molecule has 0 unspecified atom stereocenters.